The molecule has 1 aliphatic rings. The fraction of sp³-hybridized carbons (Fsp3) is 0.818. The van der Waals surface area contributed by atoms with Crippen molar-refractivity contribution in [2.45, 2.75) is 25.8 Å². The number of nitrogens with two attached hydrogens (primary N) is 1. The fourth-order valence-electron chi connectivity index (χ4n) is 2.32. The van der Waals surface area contributed by atoms with E-state index in [2.05, 4.69) is 15.1 Å². The Morgan fingerprint density at radius 3 is 2.75 bits per heavy atom. The molecular formula is C11H21N5. The second kappa shape index (κ2) is 5.41. The van der Waals surface area contributed by atoms with Crippen molar-refractivity contribution in [3.05, 3.63) is 12.2 Å². The Labute approximate surface area is 96.6 Å². The summed E-state index contributed by atoms with van der Waals surface area (Å²) in [5.74, 6) is 1.89. The summed E-state index contributed by atoms with van der Waals surface area (Å²) in [5, 5.41) is 8.02. The third kappa shape index (κ3) is 2.80. The normalized spacial score (nSPS) is 19.1. The van der Waals surface area contributed by atoms with E-state index >= 15 is 0 Å². The number of likely N-dealkylation sites (tertiary alicyclic amines) is 1. The van der Waals surface area contributed by atoms with Crippen LogP contribution in [0.4, 0.5) is 0 Å². The minimum Gasteiger partial charge on any atom is -0.330 e. The van der Waals surface area contributed by atoms with Gasteiger partial charge in [-0.15, -0.1) is 10.2 Å². The summed E-state index contributed by atoms with van der Waals surface area (Å²) in [5.41, 5.74) is 5.59. The zero-order chi connectivity index (χ0) is 11.4. The standard InChI is InChI=1S/C11H21N5/c1-15-9-13-14-11(15)8-16-6-3-10(2-5-12)4-7-16/h9-10H,2-8,12H2,1H3. The highest BCUT2D eigenvalue weighted by molar-refractivity contribution is 4.85. The predicted molar refractivity (Wildman–Crippen MR) is 62.7 cm³/mol. The molecule has 1 saturated heterocycles. The van der Waals surface area contributed by atoms with Gasteiger partial charge in [-0.1, -0.05) is 0 Å². The second-order valence-electron chi connectivity index (χ2n) is 4.65. The lowest BCUT2D eigenvalue weighted by molar-refractivity contribution is 0.168. The molecule has 5 heteroatoms. The van der Waals surface area contributed by atoms with Crippen LogP contribution >= 0.6 is 0 Å². The molecule has 0 amide bonds. The Bertz CT molecular complexity index is 314. The summed E-state index contributed by atoms with van der Waals surface area (Å²) in [6.07, 6.45) is 5.48. The molecule has 0 radical (unpaired) electrons. The maximum atomic E-state index is 5.59. The number of nitrogens with zero attached hydrogens (tertiary/aromatic N) is 4. The zero-order valence-corrected chi connectivity index (χ0v) is 9.97. The van der Waals surface area contributed by atoms with Crippen molar-refractivity contribution < 1.29 is 0 Å². The summed E-state index contributed by atoms with van der Waals surface area (Å²) >= 11 is 0. The first-order valence-corrected chi connectivity index (χ1v) is 6.05. The van der Waals surface area contributed by atoms with Gasteiger partial charge in [0.25, 0.3) is 0 Å². The van der Waals surface area contributed by atoms with Crippen LogP contribution in [0, 0.1) is 5.92 Å². The average Bonchev–Trinajstić information content (AvgIpc) is 2.68. The Kier molecular flexibility index (Phi) is 3.90. The average molecular weight is 223 g/mol. The SMILES string of the molecule is Cn1cnnc1CN1CCC(CCN)CC1. The molecule has 0 aromatic carbocycles. The first-order chi connectivity index (χ1) is 7.79. The van der Waals surface area contributed by atoms with Crippen LogP contribution in [-0.4, -0.2) is 39.3 Å². The third-order valence-electron chi connectivity index (χ3n) is 3.45. The van der Waals surface area contributed by atoms with E-state index in [9.17, 15) is 0 Å². The van der Waals surface area contributed by atoms with Gasteiger partial charge in [0.15, 0.2) is 0 Å². The molecule has 1 aromatic heterocycles. The van der Waals surface area contributed by atoms with Crippen molar-refractivity contribution in [2.24, 2.45) is 18.7 Å². The van der Waals surface area contributed by atoms with Gasteiger partial charge in [-0.05, 0) is 44.8 Å². The Hall–Kier alpha value is -0.940. The smallest absolute Gasteiger partial charge is 0.146 e. The summed E-state index contributed by atoms with van der Waals surface area (Å²) in [4.78, 5) is 2.46. The van der Waals surface area contributed by atoms with E-state index in [0.29, 0.717) is 0 Å². The van der Waals surface area contributed by atoms with Crippen LogP contribution in [0.2, 0.25) is 0 Å². The molecule has 0 spiro atoms. The van der Waals surface area contributed by atoms with Gasteiger partial charge in [-0.3, -0.25) is 4.90 Å². The first-order valence-electron chi connectivity index (χ1n) is 6.05. The summed E-state index contributed by atoms with van der Waals surface area (Å²) in [6.45, 7) is 4.08. The van der Waals surface area contributed by atoms with Crippen molar-refractivity contribution in [1.29, 1.82) is 0 Å². The van der Waals surface area contributed by atoms with Crippen LogP contribution in [0.3, 0.4) is 0 Å². The van der Waals surface area contributed by atoms with Crippen molar-refractivity contribution >= 4 is 0 Å². The Morgan fingerprint density at radius 2 is 2.19 bits per heavy atom. The van der Waals surface area contributed by atoms with E-state index in [1.165, 1.54) is 19.3 Å². The predicted octanol–water partition coefficient (Wildman–Crippen LogP) is 0.376. The minimum atomic E-state index is 0.827. The number of hydrogen-bond donors (Lipinski definition) is 1. The van der Waals surface area contributed by atoms with Crippen molar-refractivity contribution in [2.75, 3.05) is 19.6 Å². The minimum absolute atomic E-state index is 0.827. The van der Waals surface area contributed by atoms with E-state index in [4.69, 9.17) is 5.73 Å². The zero-order valence-electron chi connectivity index (χ0n) is 9.97. The largest absolute Gasteiger partial charge is 0.330 e. The van der Waals surface area contributed by atoms with Gasteiger partial charge in [0.2, 0.25) is 0 Å². The van der Waals surface area contributed by atoms with Crippen LogP contribution in [0.1, 0.15) is 25.1 Å². The van der Waals surface area contributed by atoms with Crippen LogP contribution < -0.4 is 5.73 Å². The van der Waals surface area contributed by atoms with Gasteiger partial charge >= 0.3 is 0 Å². The highest BCUT2D eigenvalue weighted by Crippen LogP contribution is 2.20. The molecule has 0 saturated carbocycles. The molecule has 90 valence electrons. The maximum Gasteiger partial charge on any atom is 0.146 e. The molecule has 2 heterocycles. The molecule has 16 heavy (non-hydrogen) atoms. The van der Waals surface area contributed by atoms with Crippen LogP contribution in [-0.2, 0) is 13.6 Å². The first kappa shape index (κ1) is 11.5. The van der Waals surface area contributed by atoms with Gasteiger partial charge in [-0.2, -0.15) is 0 Å². The molecule has 1 fully saturated rings. The molecule has 2 rings (SSSR count). The molecule has 1 aromatic rings. The maximum absolute atomic E-state index is 5.59. The van der Waals surface area contributed by atoms with Gasteiger partial charge in [0.1, 0.15) is 12.2 Å². The van der Waals surface area contributed by atoms with E-state index < -0.39 is 0 Å². The lowest BCUT2D eigenvalue weighted by Crippen LogP contribution is -2.34. The number of piperidine rings is 1. The van der Waals surface area contributed by atoms with Crippen molar-refractivity contribution in [3.63, 3.8) is 0 Å². The highest BCUT2D eigenvalue weighted by Gasteiger charge is 2.19. The summed E-state index contributed by atoms with van der Waals surface area (Å²) < 4.78 is 1.99. The van der Waals surface area contributed by atoms with E-state index in [-0.39, 0.29) is 0 Å². The van der Waals surface area contributed by atoms with Crippen molar-refractivity contribution in [3.8, 4) is 0 Å². The molecule has 0 atom stereocenters. The van der Waals surface area contributed by atoms with E-state index in [1.807, 2.05) is 11.6 Å². The van der Waals surface area contributed by atoms with Crippen LogP contribution in [0.15, 0.2) is 6.33 Å². The monoisotopic (exact) mass is 223 g/mol. The summed E-state index contributed by atoms with van der Waals surface area (Å²) in [6, 6.07) is 0. The van der Waals surface area contributed by atoms with E-state index in [0.717, 1.165) is 37.9 Å². The Morgan fingerprint density at radius 1 is 1.44 bits per heavy atom. The quantitative estimate of drug-likeness (QED) is 0.801. The number of aromatic nitrogens is 3. The molecule has 0 bridgehead atoms. The lowest BCUT2D eigenvalue weighted by atomic mass is 9.94. The third-order valence-corrected chi connectivity index (χ3v) is 3.45. The summed E-state index contributed by atoms with van der Waals surface area (Å²) in [7, 11) is 2.00. The molecule has 5 nitrogen and oxygen atoms in total. The van der Waals surface area contributed by atoms with Crippen LogP contribution in [0.5, 0.6) is 0 Å². The molecular weight excluding hydrogens is 202 g/mol. The number of hydrogen-bond acceptors (Lipinski definition) is 4. The highest BCUT2D eigenvalue weighted by atomic mass is 15.3. The van der Waals surface area contributed by atoms with Crippen molar-refractivity contribution in [1.82, 2.24) is 19.7 Å². The molecule has 2 N–H and O–H groups in total. The van der Waals surface area contributed by atoms with Gasteiger partial charge in [0.05, 0.1) is 6.54 Å². The lowest BCUT2D eigenvalue weighted by Gasteiger charge is -2.31. The molecule has 0 unspecified atom stereocenters. The van der Waals surface area contributed by atoms with E-state index in [1.54, 1.807) is 6.33 Å². The van der Waals surface area contributed by atoms with Gasteiger partial charge < -0.3 is 10.3 Å². The fourth-order valence-corrected chi connectivity index (χ4v) is 2.32. The molecule has 0 aliphatic carbocycles. The van der Waals surface area contributed by atoms with Crippen LogP contribution in [0.25, 0.3) is 0 Å². The Balaban J connectivity index is 1.79. The van der Waals surface area contributed by atoms with Gasteiger partial charge in [-0.25, -0.2) is 0 Å². The molecule has 1 aliphatic heterocycles. The van der Waals surface area contributed by atoms with Gasteiger partial charge in [0, 0.05) is 7.05 Å². The second-order valence-corrected chi connectivity index (χ2v) is 4.65. The topological polar surface area (TPSA) is 60.0 Å². The number of aryl methyl sites for hydroxylation is 1. The number of rotatable bonds is 4.